The van der Waals surface area contributed by atoms with Crippen molar-refractivity contribution < 1.29 is 4.74 Å². The molecule has 2 heterocycles. The van der Waals surface area contributed by atoms with Crippen molar-refractivity contribution in [2.24, 2.45) is 9.98 Å². The summed E-state index contributed by atoms with van der Waals surface area (Å²) in [6.45, 7) is 11.3. The number of hydrazine groups is 1. The minimum absolute atomic E-state index is 0.555. The van der Waals surface area contributed by atoms with Crippen LogP contribution < -0.4 is 21.5 Å². The summed E-state index contributed by atoms with van der Waals surface area (Å²) >= 11 is 0. The molecule has 1 aromatic heterocycles. The first-order valence-corrected chi connectivity index (χ1v) is 10.6. The van der Waals surface area contributed by atoms with Gasteiger partial charge in [0.25, 0.3) is 0 Å². The first-order valence-electron chi connectivity index (χ1n) is 10.6. The lowest BCUT2D eigenvalue weighted by Gasteiger charge is -2.20. The molecule has 10 nitrogen and oxygen atoms in total. The highest BCUT2D eigenvalue weighted by atomic mass is 16.5. The maximum atomic E-state index is 5.63. The van der Waals surface area contributed by atoms with Crippen molar-refractivity contribution >= 4 is 18.4 Å². The van der Waals surface area contributed by atoms with Crippen molar-refractivity contribution in [2.75, 3.05) is 59.3 Å². The van der Waals surface area contributed by atoms with Crippen LogP contribution in [0, 0.1) is 0 Å². The summed E-state index contributed by atoms with van der Waals surface area (Å²) < 4.78 is 5.63. The summed E-state index contributed by atoms with van der Waals surface area (Å²) in [4.78, 5) is 19.9. The topological polar surface area (TPSA) is 111 Å². The molecule has 2 rings (SSSR count). The zero-order valence-electron chi connectivity index (χ0n) is 19.3. The molecule has 0 fully saturated rings. The molecule has 0 spiro atoms. The number of hydrogen-bond acceptors (Lipinski definition) is 10. The second-order valence-corrected chi connectivity index (χ2v) is 6.97. The monoisotopic (exact) mass is 441 g/mol. The number of allylic oxidation sites excluding steroid dienone is 1. The van der Waals surface area contributed by atoms with Gasteiger partial charge in [-0.15, -0.1) is 0 Å². The lowest BCUT2D eigenvalue weighted by atomic mass is 10.0. The number of aromatic nitrogens is 2. The Labute approximate surface area is 190 Å². The third-order valence-corrected chi connectivity index (χ3v) is 4.79. The molecular weight excluding hydrogens is 406 g/mol. The fourth-order valence-electron chi connectivity index (χ4n) is 3.20. The standard InChI is InChI=1S/C22H35N9O/c1-17(6-8-30-26-5)31-11-7-19(21(31)24-3)20(27-10-13-32-12-9-23-2)14-18-15-28-22(25-4)29-16-18/h6,8,15-16,23,26,30H,1,3,7,9-14H2,2,4-5H3,(H,25,28,29)/b8-6-,27-20?. The van der Waals surface area contributed by atoms with Crippen molar-refractivity contribution in [1.82, 2.24) is 31.0 Å². The van der Waals surface area contributed by atoms with E-state index in [2.05, 4.69) is 54.6 Å². The van der Waals surface area contributed by atoms with Crippen LogP contribution in [0.1, 0.15) is 12.0 Å². The maximum Gasteiger partial charge on any atom is 0.222 e. The molecule has 1 aliphatic heterocycles. The molecule has 174 valence electrons. The fraction of sp³-hybridized carbons (Fsp3) is 0.455. The van der Waals surface area contributed by atoms with Crippen molar-refractivity contribution in [3.05, 3.63) is 53.9 Å². The van der Waals surface area contributed by atoms with E-state index in [4.69, 9.17) is 9.73 Å². The minimum Gasteiger partial charge on any atom is -0.378 e. The molecule has 0 unspecified atom stereocenters. The first kappa shape index (κ1) is 25.2. The molecule has 10 heteroatoms. The predicted molar refractivity (Wildman–Crippen MR) is 131 cm³/mol. The highest BCUT2D eigenvalue weighted by Gasteiger charge is 2.26. The Kier molecular flexibility index (Phi) is 11.1. The second-order valence-electron chi connectivity index (χ2n) is 6.97. The van der Waals surface area contributed by atoms with E-state index in [9.17, 15) is 0 Å². The largest absolute Gasteiger partial charge is 0.378 e. The summed E-state index contributed by atoms with van der Waals surface area (Å²) in [5.41, 5.74) is 9.57. The molecule has 0 amide bonds. The van der Waals surface area contributed by atoms with Crippen LogP contribution in [-0.2, 0) is 11.2 Å². The summed E-state index contributed by atoms with van der Waals surface area (Å²) in [5, 5.41) is 6.00. The van der Waals surface area contributed by atoms with Gasteiger partial charge in [-0.3, -0.25) is 4.99 Å². The first-order chi connectivity index (χ1) is 15.6. The third kappa shape index (κ3) is 7.56. The molecule has 1 aromatic rings. The molecule has 4 N–H and O–H groups in total. The molecule has 0 aliphatic carbocycles. The van der Waals surface area contributed by atoms with E-state index >= 15 is 0 Å². The third-order valence-electron chi connectivity index (χ3n) is 4.79. The Morgan fingerprint density at radius 2 is 2.03 bits per heavy atom. The maximum absolute atomic E-state index is 5.63. The molecule has 0 radical (unpaired) electrons. The van der Waals surface area contributed by atoms with Crippen LogP contribution >= 0.6 is 0 Å². The van der Waals surface area contributed by atoms with Gasteiger partial charge in [0.05, 0.1) is 19.8 Å². The molecule has 32 heavy (non-hydrogen) atoms. The van der Waals surface area contributed by atoms with Crippen molar-refractivity contribution in [2.45, 2.75) is 12.8 Å². The zero-order valence-corrected chi connectivity index (χ0v) is 19.3. The van der Waals surface area contributed by atoms with Gasteiger partial charge >= 0.3 is 0 Å². The van der Waals surface area contributed by atoms with E-state index in [0.717, 1.165) is 47.9 Å². The number of nitrogens with zero attached hydrogens (tertiary/aromatic N) is 5. The second kappa shape index (κ2) is 14.1. The Morgan fingerprint density at radius 1 is 1.25 bits per heavy atom. The van der Waals surface area contributed by atoms with Gasteiger partial charge in [-0.2, -0.15) is 0 Å². The van der Waals surface area contributed by atoms with Crippen LogP contribution in [0.3, 0.4) is 0 Å². The lowest BCUT2D eigenvalue weighted by molar-refractivity contribution is 0.145. The predicted octanol–water partition coefficient (Wildman–Crippen LogP) is 1.11. The molecule has 1 aliphatic rings. The molecular formula is C22H35N9O. The number of rotatable bonds is 15. The number of aliphatic imine (C=N–C) groups is 2. The van der Waals surface area contributed by atoms with Gasteiger partial charge in [0, 0.05) is 69.2 Å². The van der Waals surface area contributed by atoms with Crippen molar-refractivity contribution in [1.29, 1.82) is 0 Å². The molecule has 0 saturated heterocycles. The SMILES string of the molecule is C=NC1=C(C(Cc2cnc(NC)nc2)=NCCOCCNC)CCN1C(=C)/C=C\NNC. The minimum atomic E-state index is 0.555. The quantitative estimate of drug-likeness (QED) is 0.139. The number of ether oxygens (including phenoxy) is 1. The number of anilines is 1. The Hall–Kier alpha value is -3.08. The van der Waals surface area contributed by atoms with Gasteiger partial charge in [-0.25, -0.2) is 20.4 Å². The fourth-order valence-corrected chi connectivity index (χ4v) is 3.20. The van der Waals surface area contributed by atoms with Gasteiger partial charge in [0.15, 0.2) is 0 Å². The highest BCUT2D eigenvalue weighted by Crippen LogP contribution is 2.29. The normalized spacial score (nSPS) is 14.3. The van der Waals surface area contributed by atoms with Crippen molar-refractivity contribution in [3.8, 4) is 0 Å². The van der Waals surface area contributed by atoms with Gasteiger partial charge in [0.1, 0.15) is 5.82 Å². The van der Waals surface area contributed by atoms with Crippen molar-refractivity contribution in [3.63, 3.8) is 0 Å². The van der Waals surface area contributed by atoms with E-state index in [1.54, 1.807) is 20.3 Å². The van der Waals surface area contributed by atoms with E-state index in [1.807, 2.05) is 25.5 Å². The number of nitrogens with one attached hydrogen (secondary N) is 4. The summed E-state index contributed by atoms with van der Waals surface area (Å²) in [5.74, 6) is 1.37. The highest BCUT2D eigenvalue weighted by molar-refractivity contribution is 6.02. The summed E-state index contributed by atoms with van der Waals surface area (Å²) in [7, 11) is 5.50. The van der Waals surface area contributed by atoms with Crippen LogP contribution in [0.15, 0.2) is 58.3 Å². The lowest BCUT2D eigenvalue weighted by Crippen LogP contribution is -2.22. The van der Waals surface area contributed by atoms with E-state index in [0.29, 0.717) is 32.1 Å². The average Bonchev–Trinajstić information content (AvgIpc) is 3.25. The Bertz CT molecular complexity index is 830. The van der Waals surface area contributed by atoms with Gasteiger partial charge in [0.2, 0.25) is 5.95 Å². The zero-order chi connectivity index (χ0) is 23.2. The Morgan fingerprint density at radius 3 is 2.69 bits per heavy atom. The van der Waals surface area contributed by atoms with Gasteiger partial charge in [-0.1, -0.05) is 6.58 Å². The smallest absolute Gasteiger partial charge is 0.222 e. The van der Waals surface area contributed by atoms with E-state index < -0.39 is 0 Å². The Balaban J connectivity index is 2.23. The van der Waals surface area contributed by atoms with E-state index in [1.165, 1.54) is 0 Å². The number of hydrogen-bond donors (Lipinski definition) is 4. The molecule has 0 bridgehead atoms. The van der Waals surface area contributed by atoms with Gasteiger partial charge in [-0.05, 0) is 31.8 Å². The average molecular weight is 442 g/mol. The van der Waals surface area contributed by atoms with Crippen LogP contribution in [0.4, 0.5) is 5.95 Å². The molecule has 0 atom stereocenters. The van der Waals surface area contributed by atoms with Crippen LogP contribution in [0.5, 0.6) is 0 Å². The van der Waals surface area contributed by atoms with Crippen LogP contribution in [0.2, 0.25) is 0 Å². The summed E-state index contributed by atoms with van der Waals surface area (Å²) in [6.07, 6.45) is 8.72. The van der Waals surface area contributed by atoms with Crippen LogP contribution in [0.25, 0.3) is 0 Å². The number of likely N-dealkylation sites (N-methyl/N-ethyl adjacent to an activating group) is 1. The van der Waals surface area contributed by atoms with Crippen LogP contribution in [-0.4, -0.2) is 81.3 Å². The summed E-state index contributed by atoms with van der Waals surface area (Å²) in [6, 6.07) is 0. The molecule has 0 saturated carbocycles. The van der Waals surface area contributed by atoms with E-state index in [-0.39, 0.29) is 0 Å². The molecule has 0 aromatic carbocycles. The van der Waals surface area contributed by atoms with Gasteiger partial charge < -0.3 is 25.7 Å².